The maximum atomic E-state index is 11.5. The third-order valence-corrected chi connectivity index (χ3v) is 4.07. The Morgan fingerprint density at radius 1 is 1.25 bits per heavy atom. The number of anilines is 1. The lowest BCUT2D eigenvalue weighted by molar-refractivity contribution is 0.0602. The van der Waals surface area contributed by atoms with Gasteiger partial charge in [0.1, 0.15) is 10.8 Å². The minimum absolute atomic E-state index is 0.387. The summed E-state index contributed by atoms with van der Waals surface area (Å²) in [6, 6.07) is 9.72. The van der Waals surface area contributed by atoms with Gasteiger partial charge in [-0.3, -0.25) is 0 Å². The van der Waals surface area contributed by atoms with E-state index < -0.39 is 0 Å². The quantitative estimate of drug-likeness (QED) is 0.860. The fourth-order valence-electron chi connectivity index (χ4n) is 2.02. The van der Waals surface area contributed by atoms with Crippen molar-refractivity contribution in [2.24, 2.45) is 0 Å². The molecule has 0 saturated heterocycles. The Morgan fingerprint density at radius 3 is 2.70 bits per heavy atom. The lowest BCUT2D eigenvalue weighted by Crippen LogP contribution is -2.02. The molecule has 0 atom stereocenters. The molecule has 1 heterocycles. The molecule has 0 spiro atoms. The highest BCUT2D eigenvalue weighted by molar-refractivity contribution is 7.16. The molecule has 0 fully saturated rings. The van der Waals surface area contributed by atoms with Crippen molar-refractivity contribution in [3.8, 4) is 5.75 Å². The Bertz CT molecular complexity index is 607. The van der Waals surface area contributed by atoms with Crippen LogP contribution >= 0.6 is 11.3 Å². The maximum Gasteiger partial charge on any atom is 0.340 e. The number of benzene rings is 1. The number of carbonyl (C=O) groups excluding carboxylic acids is 1. The van der Waals surface area contributed by atoms with E-state index in [0.29, 0.717) is 10.6 Å². The zero-order valence-electron chi connectivity index (χ0n) is 11.5. The van der Waals surface area contributed by atoms with Gasteiger partial charge in [-0.2, -0.15) is 0 Å². The molecule has 0 unspecified atom stereocenters. The predicted octanol–water partition coefficient (Wildman–Crippen LogP) is 2.91. The number of ether oxygens (including phenoxy) is 2. The lowest BCUT2D eigenvalue weighted by Gasteiger charge is -2.06. The van der Waals surface area contributed by atoms with E-state index in [0.717, 1.165) is 29.0 Å². The van der Waals surface area contributed by atoms with Crippen LogP contribution in [0, 0.1) is 0 Å². The Labute approximate surface area is 122 Å². The molecule has 20 heavy (non-hydrogen) atoms. The van der Waals surface area contributed by atoms with Crippen molar-refractivity contribution < 1.29 is 14.3 Å². The van der Waals surface area contributed by atoms with E-state index in [1.165, 1.54) is 18.4 Å². The summed E-state index contributed by atoms with van der Waals surface area (Å²) < 4.78 is 10.0. The van der Waals surface area contributed by atoms with E-state index in [-0.39, 0.29) is 5.97 Å². The molecule has 0 bridgehead atoms. The van der Waals surface area contributed by atoms with Crippen molar-refractivity contribution >= 4 is 22.3 Å². The van der Waals surface area contributed by atoms with Crippen LogP contribution in [0.5, 0.6) is 5.75 Å². The molecule has 2 N–H and O–H groups in total. The molecule has 4 nitrogen and oxygen atoms in total. The first-order chi connectivity index (χ1) is 9.65. The smallest absolute Gasteiger partial charge is 0.340 e. The van der Waals surface area contributed by atoms with Crippen molar-refractivity contribution in [2.75, 3.05) is 20.0 Å². The first kappa shape index (κ1) is 14.4. The average Bonchev–Trinajstić information content (AvgIpc) is 2.85. The van der Waals surface area contributed by atoms with Gasteiger partial charge < -0.3 is 15.2 Å². The summed E-state index contributed by atoms with van der Waals surface area (Å²) in [5.74, 6) is 0.493. The van der Waals surface area contributed by atoms with Crippen molar-refractivity contribution in [1.82, 2.24) is 0 Å². The van der Waals surface area contributed by atoms with E-state index in [4.69, 9.17) is 15.2 Å². The van der Waals surface area contributed by atoms with Crippen molar-refractivity contribution in [3.63, 3.8) is 0 Å². The summed E-state index contributed by atoms with van der Waals surface area (Å²) in [6.45, 7) is 0. The molecule has 106 valence electrons. The first-order valence-corrected chi connectivity index (χ1v) is 7.05. The SMILES string of the molecule is COC(=O)c1cc(CCc2ccccc2OC)sc1N. The minimum atomic E-state index is -0.387. The van der Waals surface area contributed by atoms with E-state index in [2.05, 4.69) is 0 Å². The van der Waals surface area contributed by atoms with Crippen LogP contribution in [0.25, 0.3) is 0 Å². The van der Waals surface area contributed by atoms with Crippen LogP contribution in [0.3, 0.4) is 0 Å². The molecule has 5 heteroatoms. The molecule has 0 aliphatic rings. The van der Waals surface area contributed by atoms with Crippen LogP contribution in [0.1, 0.15) is 20.8 Å². The molecule has 0 radical (unpaired) electrons. The number of thiophene rings is 1. The predicted molar refractivity (Wildman–Crippen MR) is 80.5 cm³/mol. The average molecular weight is 291 g/mol. The van der Waals surface area contributed by atoms with Crippen LogP contribution in [-0.4, -0.2) is 20.2 Å². The molecule has 1 aromatic heterocycles. The minimum Gasteiger partial charge on any atom is -0.496 e. The number of hydrogen-bond acceptors (Lipinski definition) is 5. The number of nitrogens with two attached hydrogens (primary N) is 1. The maximum absolute atomic E-state index is 11.5. The second-order valence-corrected chi connectivity index (χ2v) is 5.46. The third-order valence-electron chi connectivity index (χ3n) is 3.05. The fraction of sp³-hybridized carbons (Fsp3) is 0.267. The number of rotatable bonds is 5. The summed E-state index contributed by atoms with van der Waals surface area (Å²) in [4.78, 5) is 12.6. The second-order valence-electron chi connectivity index (χ2n) is 4.29. The van der Waals surface area contributed by atoms with Crippen molar-refractivity contribution in [2.45, 2.75) is 12.8 Å². The van der Waals surface area contributed by atoms with Gasteiger partial charge >= 0.3 is 5.97 Å². The fourth-order valence-corrected chi connectivity index (χ4v) is 2.93. The van der Waals surface area contributed by atoms with Crippen molar-refractivity contribution in [3.05, 3.63) is 46.3 Å². The first-order valence-electron chi connectivity index (χ1n) is 6.24. The Kier molecular flexibility index (Phi) is 4.63. The van der Waals surface area contributed by atoms with Gasteiger partial charge in [0.15, 0.2) is 0 Å². The molecule has 0 amide bonds. The summed E-state index contributed by atoms with van der Waals surface area (Å²) >= 11 is 1.43. The molecular weight excluding hydrogens is 274 g/mol. The number of aryl methyl sites for hydroxylation is 2. The number of esters is 1. The van der Waals surface area contributed by atoms with Gasteiger partial charge in [-0.1, -0.05) is 18.2 Å². The van der Waals surface area contributed by atoms with E-state index in [1.54, 1.807) is 13.2 Å². The molecule has 0 aliphatic carbocycles. The summed E-state index contributed by atoms with van der Waals surface area (Å²) in [5, 5.41) is 0.506. The highest BCUT2D eigenvalue weighted by Crippen LogP contribution is 2.28. The van der Waals surface area contributed by atoms with Crippen LogP contribution in [0.4, 0.5) is 5.00 Å². The van der Waals surface area contributed by atoms with Gasteiger partial charge in [0.05, 0.1) is 19.8 Å². The van der Waals surface area contributed by atoms with E-state index in [9.17, 15) is 4.79 Å². The lowest BCUT2D eigenvalue weighted by atomic mass is 10.1. The summed E-state index contributed by atoms with van der Waals surface area (Å²) in [6.07, 6.45) is 1.65. The molecule has 2 aromatic rings. The highest BCUT2D eigenvalue weighted by atomic mass is 32.1. The molecule has 1 aromatic carbocycles. The Hall–Kier alpha value is -2.01. The van der Waals surface area contributed by atoms with Gasteiger partial charge in [0, 0.05) is 4.88 Å². The summed E-state index contributed by atoms with van der Waals surface area (Å²) in [7, 11) is 3.02. The largest absolute Gasteiger partial charge is 0.496 e. The number of methoxy groups -OCH3 is 2. The molecular formula is C15H17NO3S. The van der Waals surface area contributed by atoms with Crippen LogP contribution in [0.15, 0.2) is 30.3 Å². The van der Waals surface area contributed by atoms with Gasteiger partial charge in [-0.25, -0.2) is 4.79 Å². The number of hydrogen-bond donors (Lipinski definition) is 1. The number of carbonyl (C=O) groups is 1. The van der Waals surface area contributed by atoms with E-state index in [1.807, 2.05) is 24.3 Å². The Morgan fingerprint density at radius 2 is 2.00 bits per heavy atom. The van der Waals surface area contributed by atoms with Crippen LogP contribution in [-0.2, 0) is 17.6 Å². The molecule has 0 aliphatic heterocycles. The number of nitrogen functional groups attached to an aromatic ring is 1. The van der Waals surface area contributed by atoms with Gasteiger partial charge in [-0.15, -0.1) is 11.3 Å². The second kappa shape index (κ2) is 6.43. The highest BCUT2D eigenvalue weighted by Gasteiger charge is 2.14. The molecule has 0 saturated carbocycles. The topological polar surface area (TPSA) is 61.5 Å². The van der Waals surface area contributed by atoms with Crippen LogP contribution < -0.4 is 10.5 Å². The zero-order valence-corrected chi connectivity index (χ0v) is 12.3. The Balaban J connectivity index is 2.10. The zero-order chi connectivity index (χ0) is 14.5. The van der Waals surface area contributed by atoms with Gasteiger partial charge in [0.2, 0.25) is 0 Å². The normalized spacial score (nSPS) is 10.3. The van der Waals surface area contributed by atoms with Gasteiger partial charge in [0.25, 0.3) is 0 Å². The number of para-hydroxylation sites is 1. The summed E-state index contributed by atoms with van der Waals surface area (Å²) in [5.41, 5.74) is 7.43. The monoisotopic (exact) mass is 291 g/mol. The standard InChI is InChI=1S/C15H17NO3S/c1-18-13-6-4-3-5-10(13)7-8-11-9-12(14(16)20-11)15(17)19-2/h3-6,9H,7-8,16H2,1-2H3. The van der Waals surface area contributed by atoms with E-state index >= 15 is 0 Å². The van der Waals surface area contributed by atoms with Crippen molar-refractivity contribution in [1.29, 1.82) is 0 Å². The third kappa shape index (κ3) is 3.11. The van der Waals surface area contributed by atoms with Crippen LogP contribution in [0.2, 0.25) is 0 Å². The molecule has 2 rings (SSSR count). The van der Waals surface area contributed by atoms with Gasteiger partial charge in [-0.05, 0) is 30.5 Å².